The van der Waals surface area contributed by atoms with E-state index in [0.29, 0.717) is 5.92 Å². The Bertz CT molecular complexity index is 266. The Labute approximate surface area is 72.8 Å². The maximum absolute atomic E-state index is 4.16. The molecule has 0 aromatic carbocycles. The molecule has 0 radical (unpaired) electrons. The molecule has 1 heterocycles. The molecule has 12 heavy (non-hydrogen) atoms. The first kappa shape index (κ1) is 7.77. The van der Waals surface area contributed by atoms with E-state index in [0.717, 1.165) is 5.92 Å². The minimum Gasteiger partial charge on any atom is -0.320 e. The van der Waals surface area contributed by atoms with Crippen molar-refractivity contribution in [2.45, 2.75) is 32.1 Å². The van der Waals surface area contributed by atoms with Gasteiger partial charge in [0, 0.05) is 13.0 Å². The predicted molar refractivity (Wildman–Crippen MR) is 46.8 cm³/mol. The van der Waals surface area contributed by atoms with Gasteiger partial charge in [0.05, 0.1) is 0 Å². The third kappa shape index (κ3) is 1.13. The van der Waals surface area contributed by atoms with Crippen molar-refractivity contribution in [3.63, 3.8) is 0 Å². The molecule has 0 spiro atoms. The standard InChI is InChI=1S/C9H15N3/c1-7-4-3-5-8(7)9-11-10-6-12(9)2/h6-8H,3-5H2,1-2H3. The highest BCUT2D eigenvalue weighted by molar-refractivity contribution is 5.00. The molecule has 1 aromatic heterocycles. The van der Waals surface area contributed by atoms with Crippen molar-refractivity contribution < 1.29 is 0 Å². The highest BCUT2D eigenvalue weighted by Gasteiger charge is 2.27. The molecule has 0 saturated heterocycles. The van der Waals surface area contributed by atoms with Crippen LogP contribution in [-0.2, 0) is 7.05 Å². The van der Waals surface area contributed by atoms with Gasteiger partial charge < -0.3 is 4.57 Å². The molecule has 0 amide bonds. The predicted octanol–water partition coefficient (Wildman–Crippen LogP) is 1.72. The zero-order chi connectivity index (χ0) is 8.55. The molecule has 1 aliphatic rings. The largest absolute Gasteiger partial charge is 0.320 e. The summed E-state index contributed by atoms with van der Waals surface area (Å²) in [5, 5.41) is 8.07. The number of hydrogen-bond donors (Lipinski definition) is 0. The molecular weight excluding hydrogens is 150 g/mol. The van der Waals surface area contributed by atoms with E-state index >= 15 is 0 Å². The van der Waals surface area contributed by atoms with Gasteiger partial charge in [0.15, 0.2) is 0 Å². The van der Waals surface area contributed by atoms with Crippen molar-refractivity contribution in [3.05, 3.63) is 12.2 Å². The smallest absolute Gasteiger partial charge is 0.135 e. The quantitative estimate of drug-likeness (QED) is 0.634. The molecule has 1 aromatic rings. The van der Waals surface area contributed by atoms with E-state index in [1.165, 1.54) is 25.1 Å². The summed E-state index contributed by atoms with van der Waals surface area (Å²) in [5.74, 6) is 2.60. The fourth-order valence-electron chi connectivity index (χ4n) is 2.16. The molecular formula is C9H15N3. The Morgan fingerprint density at radius 2 is 2.33 bits per heavy atom. The Morgan fingerprint density at radius 3 is 2.83 bits per heavy atom. The molecule has 2 unspecified atom stereocenters. The van der Waals surface area contributed by atoms with Crippen molar-refractivity contribution in [2.75, 3.05) is 0 Å². The minimum absolute atomic E-state index is 0.650. The van der Waals surface area contributed by atoms with Crippen LogP contribution in [0.5, 0.6) is 0 Å². The molecule has 0 aliphatic heterocycles. The van der Waals surface area contributed by atoms with Crippen LogP contribution >= 0.6 is 0 Å². The van der Waals surface area contributed by atoms with E-state index in [2.05, 4.69) is 17.1 Å². The molecule has 0 bridgehead atoms. The molecule has 1 aliphatic carbocycles. The molecule has 1 fully saturated rings. The van der Waals surface area contributed by atoms with Crippen molar-refractivity contribution in [1.82, 2.24) is 14.8 Å². The van der Waals surface area contributed by atoms with Gasteiger partial charge in [0.2, 0.25) is 0 Å². The van der Waals surface area contributed by atoms with Gasteiger partial charge in [-0.3, -0.25) is 0 Å². The second kappa shape index (κ2) is 2.88. The molecule has 66 valence electrons. The van der Waals surface area contributed by atoms with Crippen molar-refractivity contribution in [2.24, 2.45) is 13.0 Å². The summed E-state index contributed by atoms with van der Waals surface area (Å²) in [4.78, 5) is 0. The number of hydrogen-bond acceptors (Lipinski definition) is 2. The van der Waals surface area contributed by atoms with Crippen LogP contribution in [0, 0.1) is 5.92 Å². The Hall–Kier alpha value is -0.860. The summed E-state index contributed by atoms with van der Waals surface area (Å²) in [6, 6.07) is 0. The van der Waals surface area contributed by atoms with E-state index in [4.69, 9.17) is 0 Å². The number of aromatic nitrogens is 3. The van der Waals surface area contributed by atoms with E-state index < -0.39 is 0 Å². The van der Waals surface area contributed by atoms with Crippen LogP contribution in [0.1, 0.15) is 37.9 Å². The van der Waals surface area contributed by atoms with Crippen molar-refractivity contribution >= 4 is 0 Å². The first-order valence-corrected chi connectivity index (χ1v) is 4.63. The number of nitrogens with zero attached hydrogens (tertiary/aromatic N) is 3. The van der Waals surface area contributed by atoms with Gasteiger partial charge in [-0.2, -0.15) is 0 Å². The zero-order valence-corrected chi connectivity index (χ0v) is 7.70. The van der Waals surface area contributed by atoms with E-state index in [-0.39, 0.29) is 0 Å². The Morgan fingerprint density at radius 1 is 1.50 bits per heavy atom. The van der Waals surface area contributed by atoms with Gasteiger partial charge in [-0.25, -0.2) is 0 Å². The summed E-state index contributed by atoms with van der Waals surface area (Å²) in [7, 11) is 2.03. The van der Waals surface area contributed by atoms with Gasteiger partial charge >= 0.3 is 0 Å². The zero-order valence-electron chi connectivity index (χ0n) is 7.70. The first-order valence-electron chi connectivity index (χ1n) is 4.63. The SMILES string of the molecule is CC1CCCC1c1nncn1C. The highest BCUT2D eigenvalue weighted by atomic mass is 15.2. The van der Waals surface area contributed by atoms with Crippen LogP contribution in [0.3, 0.4) is 0 Å². The first-order chi connectivity index (χ1) is 5.79. The summed E-state index contributed by atoms with van der Waals surface area (Å²) >= 11 is 0. The average molecular weight is 165 g/mol. The maximum atomic E-state index is 4.16. The molecule has 3 nitrogen and oxygen atoms in total. The van der Waals surface area contributed by atoms with Gasteiger partial charge in [-0.1, -0.05) is 13.3 Å². The summed E-state index contributed by atoms with van der Waals surface area (Å²) in [6.45, 7) is 2.31. The minimum atomic E-state index is 0.650. The monoisotopic (exact) mass is 165 g/mol. The second-order valence-electron chi connectivity index (χ2n) is 3.81. The van der Waals surface area contributed by atoms with Gasteiger partial charge in [0.1, 0.15) is 12.2 Å². The molecule has 2 rings (SSSR count). The van der Waals surface area contributed by atoms with Crippen LogP contribution in [-0.4, -0.2) is 14.8 Å². The van der Waals surface area contributed by atoms with Gasteiger partial charge in [-0.05, 0) is 18.8 Å². The van der Waals surface area contributed by atoms with Crippen molar-refractivity contribution in [3.8, 4) is 0 Å². The molecule has 2 atom stereocenters. The normalized spacial score (nSPS) is 29.5. The van der Waals surface area contributed by atoms with Crippen LogP contribution in [0.4, 0.5) is 0 Å². The summed E-state index contributed by atoms with van der Waals surface area (Å²) < 4.78 is 2.05. The third-order valence-electron chi connectivity index (χ3n) is 2.94. The Kier molecular flexibility index (Phi) is 1.87. The fourth-order valence-corrected chi connectivity index (χ4v) is 2.16. The molecule has 1 saturated carbocycles. The lowest BCUT2D eigenvalue weighted by Crippen LogP contribution is -2.08. The molecule has 3 heteroatoms. The van der Waals surface area contributed by atoms with Crippen molar-refractivity contribution in [1.29, 1.82) is 0 Å². The van der Waals surface area contributed by atoms with Gasteiger partial charge in [-0.15, -0.1) is 10.2 Å². The maximum Gasteiger partial charge on any atom is 0.135 e. The van der Waals surface area contributed by atoms with Crippen LogP contribution < -0.4 is 0 Å². The van der Waals surface area contributed by atoms with Crippen LogP contribution in [0.25, 0.3) is 0 Å². The molecule has 0 N–H and O–H groups in total. The lowest BCUT2D eigenvalue weighted by molar-refractivity contribution is 0.495. The van der Waals surface area contributed by atoms with E-state index in [1.54, 1.807) is 6.33 Å². The van der Waals surface area contributed by atoms with Gasteiger partial charge in [0.25, 0.3) is 0 Å². The number of aryl methyl sites for hydroxylation is 1. The van der Waals surface area contributed by atoms with E-state index in [1.807, 2.05) is 11.6 Å². The van der Waals surface area contributed by atoms with E-state index in [9.17, 15) is 0 Å². The summed E-state index contributed by atoms with van der Waals surface area (Å²) in [5.41, 5.74) is 0. The fraction of sp³-hybridized carbons (Fsp3) is 0.778. The van der Waals surface area contributed by atoms with Crippen LogP contribution in [0.2, 0.25) is 0 Å². The lowest BCUT2D eigenvalue weighted by Gasteiger charge is -2.13. The lowest BCUT2D eigenvalue weighted by atomic mass is 9.97. The van der Waals surface area contributed by atoms with Crippen LogP contribution in [0.15, 0.2) is 6.33 Å². The Balaban J connectivity index is 2.24. The third-order valence-corrected chi connectivity index (χ3v) is 2.94. The summed E-state index contributed by atoms with van der Waals surface area (Å²) in [6.07, 6.45) is 5.77. The number of rotatable bonds is 1. The topological polar surface area (TPSA) is 30.7 Å². The second-order valence-corrected chi connectivity index (χ2v) is 3.81. The average Bonchev–Trinajstić information content (AvgIpc) is 2.59. The highest BCUT2D eigenvalue weighted by Crippen LogP contribution is 2.37.